The van der Waals surface area contributed by atoms with Crippen LogP contribution in [0.25, 0.3) is 0 Å². The van der Waals surface area contributed by atoms with Gasteiger partial charge >= 0.3 is 5.69 Å². The first kappa shape index (κ1) is 15.4. The molecule has 1 aromatic carbocycles. The van der Waals surface area contributed by atoms with Crippen molar-refractivity contribution in [3.05, 3.63) is 33.9 Å². The van der Waals surface area contributed by atoms with Gasteiger partial charge in [0.15, 0.2) is 5.75 Å². The Labute approximate surface area is 112 Å². The molecule has 0 atom stereocenters. The summed E-state index contributed by atoms with van der Waals surface area (Å²) in [5.41, 5.74) is 0.545. The van der Waals surface area contributed by atoms with Crippen LogP contribution in [-0.4, -0.2) is 29.3 Å². The van der Waals surface area contributed by atoms with Crippen molar-refractivity contribution in [3.63, 3.8) is 0 Å². The molecule has 1 aromatic rings. The molecule has 6 nitrogen and oxygen atoms in total. The highest BCUT2D eigenvalue weighted by atomic mass is 16.6. The number of nitrogens with one attached hydrogen (secondary N) is 1. The SMILES string of the molecule is COc1ccc(CNC(C)(C)CCO)cc1[N+](=O)[O-]. The molecule has 0 unspecified atom stereocenters. The summed E-state index contributed by atoms with van der Waals surface area (Å²) >= 11 is 0. The number of hydrogen-bond donors (Lipinski definition) is 2. The topological polar surface area (TPSA) is 84.6 Å². The monoisotopic (exact) mass is 268 g/mol. The molecule has 0 fully saturated rings. The van der Waals surface area contributed by atoms with Gasteiger partial charge in [0, 0.05) is 24.8 Å². The zero-order valence-electron chi connectivity index (χ0n) is 11.5. The molecule has 0 saturated carbocycles. The Hall–Kier alpha value is -1.66. The van der Waals surface area contributed by atoms with Crippen LogP contribution in [0.15, 0.2) is 18.2 Å². The number of aliphatic hydroxyl groups excluding tert-OH is 1. The predicted molar refractivity (Wildman–Crippen MR) is 72.3 cm³/mol. The van der Waals surface area contributed by atoms with Gasteiger partial charge in [-0.15, -0.1) is 0 Å². The molecular formula is C13H20N2O4. The standard InChI is InChI=1S/C13H20N2O4/c1-13(2,6-7-16)14-9-10-4-5-12(19-3)11(8-10)15(17)18/h4-5,8,14,16H,6-7,9H2,1-3H3. The van der Waals surface area contributed by atoms with Crippen LogP contribution in [0.5, 0.6) is 5.75 Å². The molecule has 0 aromatic heterocycles. The lowest BCUT2D eigenvalue weighted by Gasteiger charge is -2.25. The first-order valence-electron chi connectivity index (χ1n) is 6.07. The average Bonchev–Trinajstić information content (AvgIpc) is 2.36. The van der Waals surface area contributed by atoms with Gasteiger partial charge in [-0.25, -0.2) is 0 Å². The van der Waals surface area contributed by atoms with Gasteiger partial charge in [0.2, 0.25) is 0 Å². The van der Waals surface area contributed by atoms with E-state index in [2.05, 4.69) is 5.32 Å². The number of hydrogen-bond acceptors (Lipinski definition) is 5. The Balaban J connectivity index is 2.80. The first-order chi connectivity index (χ1) is 8.89. The van der Waals surface area contributed by atoms with Crippen molar-refractivity contribution in [2.45, 2.75) is 32.4 Å². The third kappa shape index (κ3) is 4.50. The van der Waals surface area contributed by atoms with E-state index in [-0.39, 0.29) is 23.6 Å². The van der Waals surface area contributed by atoms with E-state index in [0.717, 1.165) is 5.56 Å². The Morgan fingerprint density at radius 2 is 2.16 bits per heavy atom. The second-order valence-electron chi connectivity index (χ2n) is 4.97. The molecule has 0 aliphatic carbocycles. The number of nitro benzene ring substituents is 1. The summed E-state index contributed by atoms with van der Waals surface area (Å²) in [4.78, 5) is 10.5. The van der Waals surface area contributed by atoms with Gasteiger partial charge in [-0.05, 0) is 31.9 Å². The normalized spacial score (nSPS) is 11.4. The Bertz CT molecular complexity index is 446. The van der Waals surface area contributed by atoms with Crippen molar-refractivity contribution in [1.82, 2.24) is 5.32 Å². The van der Waals surface area contributed by atoms with Crippen LogP contribution in [0.1, 0.15) is 25.8 Å². The van der Waals surface area contributed by atoms with Gasteiger partial charge in [-0.1, -0.05) is 6.07 Å². The summed E-state index contributed by atoms with van der Waals surface area (Å²) < 4.78 is 4.95. The van der Waals surface area contributed by atoms with Crippen LogP contribution in [0.3, 0.4) is 0 Å². The fraction of sp³-hybridized carbons (Fsp3) is 0.538. The molecular weight excluding hydrogens is 248 g/mol. The lowest BCUT2D eigenvalue weighted by Crippen LogP contribution is -2.39. The van der Waals surface area contributed by atoms with Crippen LogP contribution >= 0.6 is 0 Å². The summed E-state index contributed by atoms with van der Waals surface area (Å²) in [6, 6.07) is 4.88. The van der Waals surface area contributed by atoms with E-state index < -0.39 is 4.92 Å². The summed E-state index contributed by atoms with van der Waals surface area (Å²) in [6.45, 7) is 4.54. The first-order valence-corrected chi connectivity index (χ1v) is 6.07. The zero-order valence-corrected chi connectivity index (χ0v) is 11.5. The van der Waals surface area contributed by atoms with Crippen molar-refractivity contribution < 1.29 is 14.8 Å². The smallest absolute Gasteiger partial charge is 0.311 e. The number of ether oxygens (including phenoxy) is 1. The van der Waals surface area contributed by atoms with Crippen molar-refractivity contribution >= 4 is 5.69 Å². The summed E-state index contributed by atoms with van der Waals surface area (Å²) in [7, 11) is 1.41. The van der Waals surface area contributed by atoms with Gasteiger partial charge in [-0.2, -0.15) is 0 Å². The highest BCUT2D eigenvalue weighted by Crippen LogP contribution is 2.27. The molecule has 0 radical (unpaired) electrons. The van der Waals surface area contributed by atoms with Gasteiger partial charge in [0.1, 0.15) is 0 Å². The molecule has 1 rings (SSSR count). The van der Waals surface area contributed by atoms with E-state index >= 15 is 0 Å². The summed E-state index contributed by atoms with van der Waals surface area (Å²) in [6.07, 6.45) is 0.616. The van der Waals surface area contributed by atoms with Crippen molar-refractivity contribution in [2.24, 2.45) is 0 Å². The average molecular weight is 268 g/mol. The van der Waals surface area contributed by atoms with Gasteiger partial charge in [0.25, 0.3) is 0 Å². The minimum Gasteiger partial charge on any atom is -0.490 e. The molecule has 0 aliphatic heterocycles. The van der Waals surface area contributed by atoms with E-state index in [1.165, 1.54) is 13.2 Å². The molecule has 0 bridgehead atoms. The molecule has 0 heterocycles. The largest absolute Gasteiger partial charge is 0.490 e. The molecule has 0 aliphatic rings. The number of nitro groups is 1. The second kappa shape index (κ2) is 6.49. The second-order valence-corrected chi connectivity index (χ2v) is 4.97. The fourth-order valence-corrected chi connectivity index (χ4v) is 1.70. The van der Waals surface area contributed by atoms with Crippen LogP contribution in [-0.2, 0) is 6.54 Å². The predicted octanol–water partition coefficient (Wildman–Crippen LogP) is 1.85. The Morgan fingerprint density at radius 3 is 2.68 bits per heavy atom. The van der Waals surface area contributed by atoms with Crippen LogP contribution in [0.4, 0.5) is 5.69 Å². The van der Waals surface area contributed by atoms with E-state index in [1.54, 1.807) is 12.1 Å². The number of aliphatic hydroxyl groups is 1. The highest BCUT2D eigenvalue weighted by Gasteiger charge is 2.18. The van der Waals surface area contributed by atoms with Crippen molar-refractivity contribution in [3.8, 4) is 5.75 Å². The molecule has 106 valence electrons. The number of nitrogens with zero attached hydrogens (tertiary/aromatic N) is 1. The maximum Gasteiger partial charge on any atom is 0.311 e. The molecule has 0 amide bonds. The van der Waals surface area contributed by atoms with E-state index in [9.17, 15) is 10.1 Å². The lowest BCUT2D eigenvalue weighted by atomic mass is 10.0. The fourth-order valence-electron chi connectivity index (χ4n) is 1.70. The maximum atomic E-state index is 10.9. The third-order valence-corrected chi connectivity index (χ3v) is 2.95. The van der Waals surface area contributed by atoms with E-state index in [1.807, 2.05) is 13.8 Å². The maximum absolute atomic E-state index is 10.9. The lowest BCUT2D eigenvalue weighted by molar-refractivity contribution is -0.385. The van der Waals surface area contributed by atoms with Crippen molar-refractivity contribution in [2.75, 3.05) is 13.7 Å². The minimum atomic E-state index is -0.457. The molecule has 0 spiro atoms. The Kier molecular flexibility index (Phi) is 5.26. The van der Waals surface area contributed by atoms with Crippen LogP contribution in [0, 0.1) is 10.1 Å². The van der Waals surface area contributed by atoms with E-state index in [4.69, 9.17) is 9.84 Å². The highest BCUT2D eigenvalue weighted by molar-refractivity contribution is 5.48. The van der Waals surface area contributed by atoms with Crippen LogP contribution in [0.2, 0.25) is 0 Å². The quantitative estimate of drug-likeness (QED) is 0.582. The van der Waals surface area contributed by atoms with E-state index in [0.29, 0.717) is 13.0 Å². The summed E-state index contributed by atoms with van der Waals surface area (Å²) in [5.74, 6) is 0.253. The molecule has 6 heteroatoms. The molecule has 2 N–H and O–H groups in total. The number of benzene rings is 1. The third-order valence-electron chi connectivity index (χ3n) is 2.95. The Morgan fingerprint density at radius 1 is 1.47 bits per heavy atom. The van der Waals surface area contributed by atoms with Crippen molar-refractivity contribution in [1.29, 1.82) is 0 Å². The van der Waals surface area contributed by atoms with Gasteiger partial charge in [0.05, 0.1) is 12.0 Å². The van der Waals surface area contributed by atoms with Crippen LogP contribution < -0.4 is 10.1 Å². The zero-order chi connectivity index (χ0) is 14.5. The van der Waals surface area contributed by atoms with Gasteiger partial charge < -0.3 is 15.2 Å². The number of methoxy groups -OCH3 is 1. The summed E-state index contributed by atoms with van der Waals surface area (Å²) in [5, 5.41) is 23.1. The molecule has 0 saturated heterocycles. The minimum absolute atomic E-state index is 0.0400. The van der Waals surface area contributed by atoms with Gasteiger partial charge in [-0.3, -0.25) is 10.1 Å². The molecule has 19 heavy (non-hydrogen) atoms. The number of rotatable bonds is 7.